The van der Waals surface area contributed by atoms with Gasteiger partial charge in [0.25, 0.3) is 11.8 Å². The summed E-state index contributed by atoms with van der Waals surface area (Å²) in [6.07, 6.45) is 0. The average Bonchev–Trinajstić information content (AvgIpc) is 2.70. The Kier molecular flexibility index (Phi) is 7.33. The van der Waals surface area contributed by atoms with Gasteiger partial charge < -0.3 is 16.0 Å². The lowest BCUT2D eigenvalue weighted by atomic mass is 9.94. The summed E-state index contributed by atoms with van der Waals surface area (Å²) in [5, 5.41) is 17.4. The molecule has 3 amide bonds. The molecular weight excluding hydrogens is 372 g/mol. The van der Waals surface area contributed by atoms with Crippen LogP contribution in [0.15, 0.2) is 42.5 Å². The third-order valence-electron chi connectivity index (χ3n) is 4.39. The van der Waals surface area contributed by atoms with Gasteiger partial charge in [-0.3, -0.25) is 19.6 Å². The van der Waals surface area contributed by atoms with Crippen molar-refractivity contribution in [3.8, 4) is 0 Å². The van der Waals surface area contributed by atoms with Gasteiger partial charge in [0.15, 0.2) is 0 Å². The van der Waals surface area contributed by atoms with Gasteiger partial charge in [-0.25, -0.2) is 5.48 Å². The number of benzene rings is 2. The number of anilines is 2. The van der Waals surface area contributed by atoms with E-state index in [0.717, 1.165) is 5.56 Å². The highest BCUT2D eigenvalue weighted by molar-refractivity contribution is 5.98. The van der Waals surface area contributed by atoms with E-state index in [1.165, 1.54) is 6.92 Å². The van der Waals surface area contributed by atoms with Crippen molar-refractivity contribution in [3.63, 3.8) is 0 Å². The predicted molar refractivity (Wildman–Crippen MR) is 111 cm³/mol. The van der Waals surface area contributed by atoms with E-state index in [1.807, 2.05) is 13.8 Å². The smallest absolute Gasteiger partial charge is 0.274 e. The van der Waals surface area contributed by atoms with E-state index in [4.69, 9.17) is 5.21 Å². The van der Waals surface area contributed by atoms with Crippen LogP contribution in [-0.4, -0.2) is 30.0 Å². The van der Waals surface area contributed by atoms with Crippen molar-refractivity contribution in [1.29, 1.82) is 0 Å². The second-order valence-corrected chi connectivity index (χ2v) is 6.99. The van der Waals surface area contributed by atoms with Crippen LogP contribution in [0.1, 0.15) is 53.1 Å². The Hall–Kier alpha value is -3.39. The summed E-state index contributed by atoms with van der Waals surface area (Å²) in [6.45, 7) is 5.36. The maximum atomic E-state index is 12.9. The molecule has 154 valence electrons. The molecule has 2 aromatic rings. The van der Waals surface area contributed by atoms with Crippen molar-refractivity contribution in [1.82, 2.24) is 10.8 Å². The number of hydrogen-bond acceptors (Lipinski definition) is 5. The summed E-state index contributed by atoms with van der Waals surface area (Å²) in [4.78, 5) is 35.8. The predicted octanol–water partition coefficient (Wildman–Crippen LogP) is 2.93. The van der Waals surface area contributed by atoms with Crippen molar-refractivity contribution >= 4 is 29.1 Å². The molecule has 2 rings (SSSR count). The number of rotatable bonds is 7. The molecule has 0 aliphatic carbocycles. The number of carbonyl (C=O) groups excluding carboxylic acids is 3. The number of hydroxylamine groups is 1. The first-order valence-electron chi connectivity index (χ1n) is 9.20. The lowest BCUT2D eigenvalue weighted by Crippen LogP contribution is -2.32. The zero-order valence-corrected chi connectivity index (χ0v) is 16.9. The van der Waals surface area contributed by atoms with E-state index in [-0.39, 0.29) is 23.8 Å². The molecule has 0 saturated heterocycles. The summed E-state index contributed by atoms with van der Waals surface area (Å²) in [6, 6.07) is 11.4. The van der Waals surface area contributed by atoms with Crippen molar-refractivity contribution in [2.45, 2.75) is 26.8 Å². The molecule has 1 unspecified atom stereocenters. The highest BCUT2D eigenvalue weighted by Crippen LogP contribution is 2.24. The van der Waals surface area contributed by atoms with E-state index in [9.17, 15) is 14.4 Å². The van der Waals surface area contributed by atoms with E-state index in [1.54, 1.807) is 55.0 Å². The van der Waals surface area contributed by atoms with Gasteiger partial charge in [0.05, 0.1) is 6.04 Å². The molecule has 0 aliphatic heterocycles. The third kappa shape index (κ3) is 5.79. The Morgan fingerprint density at radius 3 is 2.03 bits per heavy atom. The van der Waals surface area contributed by atoms with Gasteiger partial charge in [-0.05, 0) is 41.8 Å². The summed E-state index contributed by atoms with van der Waals surface area (Å²) in [5.41, 5.74) is 4.36. The molecule has 0 aromatic heterocycles. The van der Waals surface area contributed by atoms with Gasteiger partial charge in [-0.2, -0.15) is 0 Å². The Morgan fingerprint density at radius 2 is 1.52 bits per heavy atom. The van der Waals surface area contributed by atoms with Crippen molar-refractivity contribution in [2.75, 3.05) is 17.7 Å². The first-order chi connectivity index (χ1) is 13.7. The summed E-state index contributed by atoms with van der Waals surface area (Å²) in [5.74, 6) is -1.03. The van der Waals surface area contributed by atoms with E-state index < -0.39 is 5.91 Å². The van der Waals surface area contributed by atoms with Crippen LogP contribution in [-0.2, 0) is 4.79 Å². The van der Waals surface area contributed by atoms with Crippen LogP contribution in [0.2, 0.25) is 0 Å². The van der Waals surface area contributed by atoms with Crippen molar-refractivity contribution in [3.05, 3.63) is 59.2 Å². The number of nitrogens with one attached hydrogen (secondary N) is 4. The second-order valence-electron chi connectivity index (χ2n) is 6.99. The van der Waals surface area contributed by atoms with Gasteiger partial charge in [0, 0.05) is 36.5 Å². The summed E-state index contributed by atoms with van der Waals surface area (Å²) in [7, 11) is 1.73. The molecule has 5 N–H and O–H groups in total. The molecule has 0 spiro atoms. The number of amides is 3. The lowest BCUT2D eigenvalue weighted by molar-refractivity contribution is -0.114. The van der Waals surface area contributed by atoms with Crippen LogP contribution < -0.4 is 21.4 Å². The second kappa shape index (κ2) is 9.70. The van der Waals surface area contributed by atoms with Gasteiger partial charge in [0.1, 0.15) is 0 Å². The summed E-state index contributed by atoms with van der Waals surface area (Å²) < 4.78 is 0. The molecule has 1 atom stereocenters. The van der Waals surface area contributed by atoms with Gasteiger partial charge in [0.2, 0.25) is 5.91 Å². The van der Waals surface area contributed by atoms with Crippen LogP contribution in [0.25, 0.3) is 0 Å². The maximum absolute atomic E-state index is 12.9. The molecule has 0 saturated carbocycles. The van der Waals surface area contributed by atoms with Crippen LogP contribution in [0, 0.1) is 5.92 Å². The minimum atomic E-state index is -0.601. The first-order valence-corrected chi connectivity index (χ1v) is 9.20. The maximum Gasteiger partial charge on any atom is 0.274 e. The molecule has 0 heterocycles. The standard InChI is InChI=1S/C21H26N4O4/c1-12(2)19(14-5-7-15(8-6-14)21(28)25-29)24-20(27)16-9-17(22-4)11-18(10-16)23-13(3)26/h5-12,19,22,29H,1-4H3,(H,23,26)(H,24,27)(H,25,28). The SMILES string of the molecule is CNc1cc(NC(C)=O)cc(C(=O)NC(c2ccc(C(=O)NO)cc2)C(C)C)c1. The lowest BCUT2D eigenvalue weighted by Gasteiger charge is -2.23. The Morgan fingerprint density at radius 1 is 0.897 bits per heavy atom. The Labute approximate surface area is 169 Å². The van der Waals surface area contributed by atoms with Crippen LogP contribution in [0.4, 0.5) is 11.4 Å². The zero-order chi connectivity index (χ0) is 21.6. The minimum absolute atomic E-state index is 0.0822. The van der Waals surface area contributed by atoms with Crippen molar-refractivity contribution in [2.24, 2.45) is 5.92 Å². The Bertz CT molecular complexity index is 894. The van der Waals surface area contributed by atoms with Crippen LogP contribution >= 0.6 is 0 Å². The Balaban J connectivity index is 2.27. The molecule has 0 radical (unpaired) electrons. The third-order valence-corrected chi connectivity index (χ3v) is 4.39. The van der Waals surface area contributed by atoms with Gasteiger partial charge in [-0.1, -0.05) is 26.0 Å². The van der Waals surface area contributed by atoms with E-state index >= 15 is 0 Å². The topological polar surface area (TPSA) is 120 Å². The number of carbonyl (C=O) groups is 3. The number of hydrogen-bond donors (Lipinski definition) is 5. The minimum Gasteiger partial charge on any atom is -0.388 e. The fourth-order valence-electron chi connectivity index (χ4n) is 2.94. The molecule has 29 heavy (non-hydrogen) atoms. The zero-order valence-electron chi connectivity index (χ0n) is 16.9. The molecule has 0 aliphatic rings. The monoisotopic (exact) mass is 398 g/mol. The largest absolute Gasteiger partial charge is 0.388 e. The van der Waals surface area contributed by atoms with Crippen LogP contribution in [0.5, 0.6) is 0 Å². The average molecular weight is 398 g/mol. The molecule has 0 fully saturated rings. The molecule has 8 nitrogen and oxygen atoms in total. The molecule has 0 bridgehead atoms. The molecular formula is C21H26N4O4. The van der Waals surface area contributed by atoms with Crippen molar-refractivity contribution < 1.29 is 19.6 Å². The molecule has 2 aromatic carbocycles. The van der Waals surface area contributed by atoms with Gasteiger partial charge >= 0.3 is 0 Å². The first kappa shape index (κ1) is 21.9. The van der Waals surface area contributed by atoms with Gasteiger partial charge in [-0.15, -0.1) is 0 Å². The highest BCUT2D eigenvalue weighted by atomic mass is 16.5. The fraction of sp³-hybridized carbons (Fsp3) is 0.286. The van der Waals surface area contributed by atoms with E-state index in [0.29, 0.717) is 22.5 Å². The summed E-state index contributed by atoms with van der Waals surface area (Å²) >= 11 is 0. The highest BCUT2D eigenvalue weighted by Gasteiger charge is 2.20. The van der Waals surface area contributed by atoms with Crippen LogP contribution in [0.3, 0.4) is 0 Å². The molecule has 8 heteroatoms. The quantitative estimate of drug-likeness (QED) is 0.363. The van der Waals surface area contributed by atoms with E-state index in [2.05, 4.69) is 16.0 Å². The normalized spacial score (nSPS) is 11.5. The fourth-order valence-corrected chi connectivity index (χ4v) is 2.94.